The fourth-order valence-corrected chi connectivity index (χ4v) is 3.26. The van der Waals surface area contributed by atoms with E-state index >= 15 is 0 Å². The first kappa shape index (κ1) is 18.8. The molecule has 0 radical (unpaired) electrons. The van der Waals surface area contributed by atoms with Crippen LogP contribution in [0.25, 0.3) is 16.9 Å². The maximum absolute atomic E-state index is 13.8. The summed E-state index contributed by atoms with van der Waals surface area (Å²) >= 11 is 0. The van der Waals surface area contributed by atoms with Crippen LogP contribution in [-0.2, 0) is 5.79 Å². The van der Waals surface area contributed by atoms with Gasteiger partial charge in [-0.2, -0.15) is 8.78 Å². The van der Waals surface area contributed by atoms with E-state index in [1.165, 1.54) is 36.4 Å². The van der Waals surface area contributed by atoms with E-state index in [9.17, 15) is 13.2 Å². The van der Waals surface area contributed by atoms with Gasteiger partial charge < -0.3 is 15.8 Å². The summed E-state index contributed by atoms with van der Waals surface area (Å²) in [5.41, 5.74) is 14.0. The van der Waals surface area contributed by atoms with E-state index in [4.69, 9.17) is 11.5 Å². The quantitative estimate of drug-likeness (QED) is 0.623. The van der Waals surface area contributed by atoms with Crippen molar-refractivity contribution in [1.82, 2.24) is 14.9 Å². The highest BCUT2D eigenvalue weighted by atomic mass is 19.3. The molecule has 29 heavy (non-hydrogen) atoms. The molecule has 10 heteroatoms. The molecule has 1 aliphatic rings. The Labute approximate surface area is 163 Å². The number of nitrogens with zero attached hydrogens (tertiary/aromatic N) is 3. The molecule has 0 spiro atoms. The van der Waals surface area contributed by atoms with Crippen LogP contribution in [0.2, 0.25) is 0 Å². The molecule has 3 aromatic rings. The van der Waals surface area contributed by atoms with Crippen molar-refractivity contribution in [3.8, 4) is 5.75 Å². The Hall–Kier alpha value is -3.53. The first-order valence-corrected chi connectivity index (χ1v) is 8.59. The van der Waals surface area contributed by atoms with Gasteiger partial charge >= 0.3 is 6.61 Å². The highest BCUT2D eigenvalue weighted by Gasteiger charge is 2.32. The second-order valence-electron chi connectivity index (χ2n) is 6.49. The van der Waals surface area contributed by atoms with E-state index in [0.29, 0.717) is 28.2 Å². The number of alkyl halides is 2. The number of aliphatic imine (C=N–C) groups is 1. The van der Waals surface area contributed by atoms with Gasteiger partial charge in [-0.3, -0.25) is 10.3 Å². The third kappa shape index (κ3) is 3.49. The van der Waals surface area contributed by atoms with E-state index in [1.54, 1.807) is 23.6 Å². The van der Waals surface area contributed by atoms with Crippen LogP contribution in [0.4, 0.5) is 13.2 Å². The van der Waals surface area contributed by atoms with E-state index in [1.807, 2.05) is 0 Å². The van der Waals surface area contributed by atoms with E-state index < -0.39 is 18.2 Å². The Morgan fingerprint density at radius 1 is 1.17 bits per heavy atom. The number of aryl methyl sites for hydroxylation is 1. The molecular formula is C19H17F3N6O. The van der Waals surface area contributed by atoms with Gasteiger partial charge in [0.2, 0.25) is 5.79 Å². The zero-order chi connectivity index (χ0) is 20.8. The third-order valence-electron chi connectivity index (χ3n) is 4.45. The van der Waals surface area contributed by atoms with Gasteiger partial charge in [-0.15, -0.1) is 0 Å². The van der Waals surface area contributed by atoms with E-state index in [-0.39, 0.29) is 11.6 Å². The van der Waals surface area contributed by atoms with Crippen LogP contribution in [-0.4, -0.2) is 22.0 Å². The second-order valence-corrected chi connectivity index (χ2v) is 6.49. The number of rotatable bonds is 4. The van der Waals surface area contributed by atoms with Crippen molar-refractivity contribution in [3.05, 3.63) is 65.7 Å². The number of amidine groups is 1. The van der Waals surface area contributed by atoms with E-state index in [2.05, 4.69) is 20.0 Å². The molecule has 0 amide bonds. The molecule has 5 N–H and O–H groups in total. The van der Waals surface area contributed by atoms with Crippen molar-refractivity contribution in [1.29, 1.82) is 0 Å². The predicted molar refractivity (Wildman–Crippen MR) is 102 cm³/mol. The highest BCUT2D eigenvalue weighted by molar-refractivity contribution is 5.98. The monoisotopic (exact) mass is 402 g/mol. The maximum atomic E-state index is 13.8. The number of aromatic nitrogens is 2. The van der Waals surface area contributed by atoms with Gasteiger partial charge in [0, 0.05) is 17.7 Å². The summed E-state index contributed by atoms with van der Waals surface area (Å²) in [7, 11) is 0. The first-order valence-electron chi connectivity index (χ1n) is 8.59. The molecule has 1 aromatic heterocycles. The van der Waals surface area contributed by atoms with Gasteiger partial charge in [0.05, 0.1) is 11.0 Å². The number of fused-ring (bicyclic) bond motifs is 1. The minimum absolute atomic E-state index is 0.0113. The number of nitrogens with one attached hydrogen (secondary N) is 1. The van der Waals surface area contributed by atoms with Crippen LogP contribution < -0.4 is 21.5 Å². The van der Waals surface area contributed by atoms with Gasteiger partial charge in [-0.25, -0.2) is 14.4 Å². The van der Waals surface area contributed by atoms with Crippen molar-refractivity contribution in [2.75, 3.05) is 0 Å². The Balaban J connectivity index is 1.73. The van der Waals surface area contributed by atoms with E-state index in [0.717, 1.165) is 0 Å². The van der Waals surface area contributed by atoms with Crippen LogP contribution in [0, 0.1) is 12.7 Å². The minimum atomic E-state index is -2.93. The summed E-state index contributed by atoms with van der Waals surface area (Å²) in [5, 5.41) is 3.07. The molecule has 1 aliphatic heterocycles. The number of hydrogen-bond donors (Lipinski definition) is 3. The van der Waals surface area contributed by atoms with Crippen LogP contribution >= 0.6 is 0 Å². The SMILES string of the molecule is Cc1nc2ccc(F)cc2n1C1=CC(N)=NC(N)(c2ccc(OC(F)F)cc2)N1. The highest BCUT2D eigenvalue weighted by Crippen LogP contribution is 2.28. The zero-order valence-electron chi connectivity index (χ0n) is 15.2. The van der Waals surface area contributed by atoms with Crippen molar-refractivity contribution in [2.45, 2.75) is 19.3 Å². The molecule has 150 valence electrons. The lowest BCUT2D eigenvalue weighted by atomic mass is 10.1. The van der Waals surface area contributed by atoms with Gasteiger partial charge in [0.15, 0.2) is 0 Å². The summed E-state index contributed by atoms with van der Waals surface area (Å²) in [6.45, 7) is -1.17. The average molecular weight is 402 g/mol. The molecule has 4 rings (SSSR count). The fraction of sp³-hybridized carbons (Fsp3) is 0.158. The molecule has 7 nitrogen and oxygen atoms in total. The summed E-state index contributed by atoms with van der Waals surface area (Å²) in [6.07, 6.45) is 1.55. The maximum Gasteiger partial charge on any atom is 0.387 e. The minimum Gasteiger partial charge on any atom is -0.435 e. The van der Waals surface area contributed by atoms with Gasteiger partial charge in [0.25, 0.3) is 0 Å². The average Bonchev–Trinajstić information content (AvgIpc) is 2.96. The topological polar surface area (TPSA) is 103 Å². The van der Waals surface area contributed by atoms with Crippen LogP contribution in [0.15, 0.2) is 53.5 Å². The zero-order valence-corrected chi connectivity index (χ0v) is 15.2. The number of nitrogens with two attached hydrogens (primary N) is 2. The summed E-state index contributed by atoms with van der Waals surface area (Å²) < 4.78 is 44.6. The first-order chi connectivity index (χ1) is 13.7. The number of imidazole rings is 1. The Morgan fingerprint density at radius 3 is 2.59 bits per heavy atom. The van der Waals surface area contributed by atoms with Crippen molar-refractivity contribution in [2.24, 2.45) is 16.5 Å². The molecule has 2 aromatic carbocycles. The van der Waals surface area contributed by atoms with Gasteiger partial charge in [0.1, 0.15) is 29.0 Å². The number of benzene rings is 2. The summed E-state index contributed by atoms with van der Waals surface area (Å²) in [4.78, 5) is 8.67. The summed E-state index contributed by atoms with van der Waals surface area (Å²) in [5.74, 6) is -0.742. The molecule has 1 atom stereocenters. The molecule has 0 bridgehead atoms. The number of ether oxygens (including phenoxy) is 1. The standard InChI is InChI=1S/C19H17F3N6O/c1-10-25-14-7-4-12(20)8-15(14)28(10)17-9-16(23)26-19(24,27-17)11-2-5-13(6-3-11)29-18(21)22/h2-9,18,27H,24H2,1H3,(H2,23,26). The van der Waals surface area contributed by atoms with Crippen molar-refractivity contribution in [3.63, 3.8) is 0 Å². The second kappa shape index (κ2) is 6.82. The lowest BCUT2D eigenvalue weighted by Crippen LogP contribution is -2.52. The number of hydrogen-bond acceptors (Lipinski definition) is 6. The predicted octanol–water partition coefficient (Wildman–Crippen LogP) is 2.61. The number of halogens is 3. The van der Waals surface area contributed by atoms with Crippen LogP contribution in [0.3, 0.4) is 0 Å². The largest absolute Gasteiger partial charge is 0.435 e. The Morgan fingerprint density at radius 2 is 1.90 bits per heavy atom. The van der Waals surface area contributed by atoms with Gasteiger partial charge in [-0.05, 0) is 43.3 Å². The molecular weight excluding hydrogens is 385 g/mol. The molecule has 2 heterocycles. The van der Waals surface area contributed by atoms with Crippen molar-refractivity contribution >= 4 is 22.7 Å². The normalized spacial score (nSPS) is 19.1. The van der Waals surface area contributed by atoms with Gasteiger partial charge in [-0.1, -0.05) is 0 Å². The molecule has 1 unspecified atom stereocenters. The summed E-state index contributed by atoms with van der Waals surface area (Å²) in [6, 6.07) is 9.98. The molecule has 0 fully saturated rings. The lowest BCUT2D eigenvalue weighted by Gasteiger charge is -2.33. The molecule has 0 aliphatic carbocycles. The van der Waals surface area contributed by atoms with Crippen LogP contribution in [0.5, 0.6) is 5.75 Å². The fourth-order valence-electron chi connectivity index (χ4n) is 3.26. The smallest absolute Gasteiger partial charge is 0.387 e. The molecule has 0 saturated carbocycles. The lowest BCUT2D eigenvalue weighted by molar-refractivity contribution is -0.0498. The molecule has 0 saturated heterocycles. The Kier molecular flexibility index (Phi) is 4.42. The third-order valence-corrected chi connectivity index (χ3v) is 4.45. The van der Waals surface area contributed by atoms with Crippen molar-refractivity contribution < 1.29 is 17.9 Å². The Bertz CT molecular complexity index is 1140. The van der Waals surface area contributed by atoms with Crippen LogP contribution in [0.1, 0.15) is 11.4 Å².